The van der Waals surface area contributed by atoms with Gasteiger partial charge in [0, 0.05) is 4.47 Å². The first kappa shape index (κ1) is 14.5. The molecule has 0 N–H and O–H groups in total. The summed E-state index contributed by atoms with van der Waals surface area (Å²) < 4.78 is 0.907. The minimum absolute atomic E-state index is 0.227. The molecule has 0 fully saturated rings. The van der Waals surface area contributed by atoms with Crippen molar-refractivity contribution in [2.45, 2.75) is 32.1 Å². The van der Waals surface area contributed by atoms with E-state index in [0.29, 0.717) is 0 Å². The van der Waals surface area contributed by atoms with Crippen molar-refractivity contribution < 1.29 is 4.79 Å². The molecule has 0 aliphatic rings. The summed E-state index contributed by atoms with van der Waals surface area (Å²) in [7, 11) is 0. The number of carbonyl (C=O) groups excluding carboxylic acids is 1. The minimum atomic E-state index is -0.408. The first-order valence-electron chi connectivity index (χ1n) is 6.49. The third-order valence-electron chi connectivity index (χ3n) is 3.79. The predicted molar refractivity (Wildman–Crippen MR) is 85.1 cm³/mol. The molecule has 0 atom stereocenters. The largest absolute Gasteiger partial charge is 0.292 e. The highest BCUT2D eigenvalue weighted by atomic mass is 79.9. The van der Waals surface area contributed by atoms with Gasteiger partial charge in [0.25, 0.3) is 0 Å². The van der Waals surface area contributed by atoms with E-state index < -0.39 is 5.41 Å². The van der Waals surface area contributed by atoms with Gasteiger partial charge in [-0.15, -0.1) is 11.3 Å². The number of benzene rings is 1. The normalized spacial score (nSPS) is 11.5. The Balaban J connectivity index is 2.52. The second-order valence-electron chi connectivity index (χ2n) is 4.58. The summed E-state index contributed by atoms with van der Waals surface area (Å²) in [5, 5.41) is 1.96. The zero-order valence-electron chi connectivity index (χ0n) is 11.2. The molecule has 0 aliphatic heterocycles. The molecule has 0 amide bonds. The topological polar surface area (TPSA) is 17.1 Å². The number of Topliss-reactive ketones (excluding diaryl/α,β-unsaturated/α-hetero) is 1. The third kappa shape index (κ3) is 2.54. The van der Waals surface area contributed by atoms with E-state index in [1.54, 1.807) is 0 Å². The lowest BCUT2D eigenvalue weighted by atomic mass is 9.72. The molecule has 1 heterocycles. The second kappa shape index (κ2) is 6.02. The van der Waals surface area contributed by atoms with Crippen LogP contribution in [0.1, 0.15) is 41.9 Å². The first-order valence-corrected chi connectivity index (χ1v) is 8.16. The second-order valence-corrected chi connectivity index (χ2v) is 6.35. The van der Waals surface area contributed by atoms with Crippen LogP contribution in [0.15, 0.2) is 46.3 Å². The van der Waals surface area contributed by atoms with Crippen molar-refractivity contribution in [2.75, 3.05) is 0 Å². The maximum atomic E-state index is 13.0. The van der Waals surface area contributed by atoms with Gasteiger partial charge in [-0.25, -0.2) is 0 Å². The van der Waals surface area contributed by atoms with Crippen molar-refractivity contribution in [3.05, 3.63) is 56.7 Å². The Morgan fingerprint density at radius 2 is 1.79 bits per heavy atom. The molecule has 0 unspecified atom stereocenters. The molecule has 0 aliphatic carbocycles. The molecule has 100 valence electrons. The maximum absolute atomic E-state index is 13.0. The molecule has 19 heavy (non-hydrogen) atoms. The lowest BCUT2D eigenvalue weighted by Crippen LogP contribution is -2.34. The Morgan fingerprint density at radius 3 is 2.26 bits per heavy atom. The van der Waals surface area contributed by atoms with Gasteiger partial charge < -0.3 is 0 Å². The molecule has 0 spiro atoms. The van der Waals surface area contributed by atoms with Crippen LogP contribution in [0.4, 0.5) is 0 Å². The van der Waals surface area contributed by atoms with E-state index in [9.17, 15) is 4.79 Å². The Kier molecular flexibility index (Phi) is 4.58. The van der Waals surface area contributed by atoms with Gasteiger partial charge in [-0.1, -0.05) is 44.2 Å². The van der Waals surface area contributed by atoms with Crippen molar-refractivity contribution in [1.82, 2.24) is 0 Å². The fourth-order valence-corrected chi connectivity index (χ4v) is 4.13. The quantitative estimate of drug-likeness (QED) is 0.663. The van der Waals surface area contributed by atoms with Crippen LogP contribution in [0.25, 0.3) is 0 Å². The fraction of sp³-hybridized carbons (Fsp3) is 0.312. The van der Waals surface area contributed by atoms with E-state index in [1.807, 2.05) is 29.6 Å². The Morgan fingerprint density at radius 1 is 1.16 bits per heavy atom. The molecule has 1 aromatic heterocycles. The van der Waals surface area contributed by atoms with Gasteiger partial charge in [0.05, 0.1) is 10.3 Å². The highest BCUT2D eigenvalue weighted by Crippen LogP contribution is 2.38. The van der Waals surface area contributed by atoms with Crippen molar-refractivity contribution in [2.24, 2.45) is 0 Å². The van der Waals surface area contributed by atoms with Crippen molar-refractivity contribution >= 4 is 33.0 Å². The SMILES string of the molecule is CCC(CC)(C(=O)c1sccc1Br)c1ccccc1. The number of hydrogen-bond acceptors (Lipinski definition) is 2. The van der Waals surface area contributed by atoms with E-state index in [2.05, 4.69) is 41.9 Å². The molecule has 0 saturated carbocycles. The Labute approximate surface area is 126 Å². The van der Waals surface area contributed by atoms with Gasteiger partial charge in [-0.05, 0) is 45.8 Å². The monoisotopic (exact) mass is 336 g/mol. The van der Waals surface area contributed by atoms with Crippen LogP contribution < -0.4 is 0 Å². The van der Waals surface area contributed by atoms with Crippen LogP contribution in [0, 0.1) is 0 Å². The molecule has 2 aromatic rings. The lowest BCUT2D eigenvalue weighted by molar-refractivity contribution is 0.0876. The smallest absolute Gasteiger partial charge is 0.184 e. The highest BCUT2D eigenvalue weighted by Gasteiger charge is 2.38. The fourth-order valence-electron chi connectivity index (χ4n) is 2.54. The molecule has 0 saturated heterocycles. The minimum Gasteiger partial charge on any atom is -0.292 e. The third-order valence-corrected chi connectivity index (χ3v) is 5.63. The van der Waals surface area contributed by atoms with Gasteiger partial charge in [-0.3, -0.25) is 4.79 Å². The standard InChI is InChI=1S/C16H17BrOS/c1-3-16(4-2,12-8-6-5-7-9-12)15(18)14-13(17)10-11-19-14/h5-11H,3-4H2,1-2H3. The number of carbonyl (C=O) groups is 1. The predicted octanol–water partition coefficient (Wildman–Crippen LogP) is 5.45. The van der Waals surface area contributed by atoms with Crippen LogP contribution in [-0.2, 0) is 5.41 Å². The maximum Gasteiger partial charge on any atom is 0.184 e. The average Bonchev–Trinajstić information content (AvgIpc) is 2.88. The summed E-state index contributed by atoms with van der Waals surface area (Å²) in [6.07, 6.45) is 1.63. The highest BCUT2D eigenvalue weighted by molar-refractivity contribution is 9.10. The molecule has 0 bridgehead atoms. The Bertz CT molecular complexity index is 555. The van der Waals surface area contributed by atoms with Gasteiger partial charge >= 0.3 is 0 Å². The zero-order valence-corrected chi connectivity index (χ0v) is 13.6. The van der Waals surface area contributed by atoms with E-state index in [1.165, 1.54) is 11.3 Å². The molecule has 2 rings (SSSR count). The molecule has 3 heteroatoms. The Hall–Kier alpha value is -0.930. The molecular formula is C16H17BrOS. The number of rotatable bonds is 5. The zero-order chi connectivity index (χ0) is 13.9. The molecule has 0 radical (unpaired) electrons. The van der Waals surface area contributed by atoms with E-state index in [4.69, 9.17) is 0 Å². The summed E-state index contributed by atoms with van der Waals surface area (Å²) in [4.78, 5) is 13.8. The summed E-state index contributed by atoms with van der Waals surface area (Å²) in [6, 6.07) is 12.1. The van der Waals surface area contributed by atoms with Crippen LogP contribution in [0.2, 0.25) is 0 Å². The van der Waals surface area contributed by atoms with E-state index in [0.717, 1.165) is 27.8 Å². The van der Waals surface area contributed by atoms with E-state index >= 15 is 0 Å². The van der Waals surface area contributed by atoms with Crippen molar-refractivity contribution in [3.8, 4) is 0 Å². The average molecular weight is 337 g/mol. The summed E-state index contributed by atoms with van der Waals surface area (Å²) >= 11 is 4.99. The van der Waals surface area contributed by atoms with Gasteiger partial charge in [0.1, 0.15) is 0 Å². The van der Waals surface area contributed by atoms with Gasteiger partial charge in [-0.2, -0.15) is 0 Å². The van der Waals surface area contributed by atoms with Crippen molar-refractivity contribution in [1.29, 1.82) is 0 Å². The van der Waals surface area contributed by atoms with E-state index in [-0.39, 0.29) is 5.78 Å². The number of hydrogen-bond donors (Lipinski definition) is 0. The number of thiophene rings is 1. The summed E-state index contributed by atoms with van der Waals surface area (Å²) in [5.41, 5.74) is 0.708. The van der Waals surface area contributed by atoms with Crippen LogP contribution in [0.5, 0.6) is 0 Å². The molecule has 1 aromatic carbocycles. The lowest BCUT2D eigenvalue weighted by Gasteiger charge is -2.30. The first-order chi connectivity index (χ1) is 9.15. The number of halogens is 1. The summed E-state index contributed by atoms with van der Waals surface area (Å²) in [6.45, 7) is 4.19. The number of ketones is 1. The molecular weight excluding hydrogens is 320 g/mol. The summed E-state index contributed by atoms with van der Waals surface area (Å²) in [5.74, 6) is 0.227. The van der Waals surface area contributed by atoms with Crippen LogP contribution in [-0.4, -0.2) is 5.78 Å². The van der Waals surface area contributed by atoms with Crippen molar-refractivity contribution in [3.63, 3.8) is 0 Å². The van der Waals surface area contributed by atoms with Gasteiger partial charge in [0.15, 0.2) is 5.78 Å². The van der Waals surface area contributed by atoms with Gasteiger partial charge in [0.2, 0.25) is 0 Å². The van der Waals surface area contributed by atoms with Crippen LogP contribution >= 0.6 is 27.3 Å². The van der Waals surface area contributed by atoms with Crippen LogP contribution in [0.3, 0.4) is 0 Å². The molecule has 1 nitrogen and oxygen atoms in total.